The molecule has 6 aromatic carbocycles. The Morgan fingerprint density at radius 3 is 1.62 bits per heavy atom. The van der Waals surface area contributed by atoms with Crippen molar-refractivity contribution in [2.45, 2.75) is 51.4 Å². The number of fused-ring (bicyclic) bond motifs is 2. The molecule has 0 atom stereocenters. The molecule has 8 heteroatoms. The normalized spacial score (nSPS) is 12.9. The molecule has 0 N–H and O–H groups in total. The van der Waals surface area contributed by atoms with Crippen molar-refractivity contribution in [1.82, 2.24) is 0 Å². The lowest BCUT2D eigenvalue weighted by molar-refractivity contribution is 0.0592. The predicted octanol–water partition coefficient (Wildman–Crippen LogP) is 11.2. The molecule has 0 aromatic heterocycles. The molecule has 64 heavy (non-hydrogen) atoms. The smallest absolute Gasteiger partial charge is 0.337 e. The quantitative estimate of drug-likeness (QED) is 0.0944. The highest BCUT2D eigenvalue weighted by molar-refractivity contribution is 5.90. The van der Waals surface area contributed by atoms with E-state index in [4.69, 9.17) is 28.4 Å². The third kappa shape index (κ3) is 10.6. The van der Waals surface area contributed by atoms with Gasteiger partial charge in [0.05, 0.1) is 53.8 Å². The third-order valence-electron chi connectivity index (χ3n) is 12.1. The summed E-state index contributed by atoms with van der Waals surface area (Å²) >= 11 is 0. The van der Waals surface area contributed by atoms with Crippen molar-refractivity contribution in [3.63, 3.8) is 0 Å². The van der Waals surface area contributed by atoms with Crippen molar-refractivity contribution >= 4 is 29.2 Å². The molecule has 0 saturated carbocycles. The summed E-state index contributed by atoms with van der Waals surface area (Å²) in [5.74, 6) is 2.77. The van der Waals surface area contributed by atoms with Crippen LogP contribution in [0.4, 0.5) is 0 Å². The van der Waals surface area contributed by atoms with Crippen LogP contribution in [0.2, 0.25) is 0 Å². The van der Waals surface area contributed by atoms with E-state index in [9.17, 15) is 9.59 Å². The summed E-state index contributed by atoms with van der Waals surface area (Å²) in [4.78, 5) is 23.3. The largest absolute Gasteiger partial charge is 0.497 e. The van der Waals surface area contributed by atoms with E-state index in [0.29, 0.717) is 11.1 Å². The molecule has 8 nitrogen and oxygen atoms in total. The first-order chi connectivity index (χ1) is 31.2. The minimum Gasteiger partial charge on any atom is -0.497 e. The number of carbonyl (C=O) groups excluding carboxylic acids is 2. The van der Waals surface area contributed by atoms with Gasteiger partial charge in [-0.1, -0.05) is 66.7 Å². The molecule has 0 spiro atoms. The summed E-state index contributed by atoms with van der Waals surface area (Å²) in [6.45, 7) is 0. The van der Waals surface area contributed by atoms with Crippen molar-refractivity contribution < 1.29 is 38.0 Å². The maximum absolute atomic E-state index is 11.7. The van der Waals surface area contributed by atoms with E-state index < -0.39 is 0 Å². The molecule has 328 valence electrons. The first kappa shape index (κ1) is 45.0. The van der Waals surface area contributed by atoms with Gasteiger partial charge in [0.2, 0.25) is 0 Å². The second kappa shape index (κ2) is 21.3. The zero-order valence-electron chi connectivity index (χ0n) is 37.6. The maximum Gasteiger partial charge on any atom is 0.337 e. The van der Waals surface area contributed by atoms with Crippen LogP contribution in [-0.2, 0) is 54.4 Å². The van der Waals surface area contributed by atoms with E-state index in [0.717, 1.165) is 85.5 Å². The van der Waals surface area contributed by atoms with Gasteiger partial charge in [-0.2, -0.15) is 0 Å². The van der Waals surface area contributed by atoms with Crippen LogP contribution >= 0.6 is 0 Å². The lowest BCUT2D eigenvalue weighted by atomic mass is 9.91. The number of carbonyl (C=O) groups is 2. The van der Waals surface area contributed by atoms with Crippen molar-refractivity contribution in [1.29, 1.82) is 0 Å². The molecule has 2 aliphatic carbocycles. The first-order valence-electron chi connectivity index (χ1n) is 21.6. The van der Waals surface area contributed by atoms with Gasteiger partial charge in [0.1, 0.15) is 23.0 Å². The zero-order chi connectivity index (χ0) is 45.0. The highest BCUT2D eigenvalue weighted by Crippen LogP contribution is 2.39. The van der Waals surface area contributed by atoms with Gasteiger partial charge >= 0.3 is 11.9 Å². The first-order valence-corrected chi connectivity index (χ1v) is 21.6. The average molecular weight is 857 g/mol. The second-order valence-corrected chi connectivity index (χ2v) is 15.8. The zero-order valence-corrected chi connectivity index (χ0v) is 37.6. The summed E-state index contributed by atoms with van der Waals surface area (Å²) in [6, 6.07) is 40.4. The fourth-order valence-electron chi connectivity index (χ4n) is 8.73. The molecule has 0 radical (unpaired) electrons. The van der Waals surface area contributed by atoms with E-state index in [-0.39, 0.29) is 11.9 Å². The van der Waals surface area contributed by atoms with Crippen molar-refractivity contribution in [2.75, 3.05) is 42.7 Å². The summed E-state index contributed by atoms with van der Waals surface area (Å²) in [5.41, 5.74) is 16.6. The number of benzene rings is 6. The Balaban J connectivity index is 0.000000191. The molecule has 0 heterocycles. The Bertz CT molecular complexity index is 2650. The average Bonchev–Trinajstić information content (AvgIpc) is 3.96. The topological polar surface area (TPSA) is 89.5 Å². The van der Waals surface area contributed by atoms with Crippen molar-refractivity contribution in [3.05, 3.63) is 194 Å². The van der Waals surface area contributed by atoms with E-state index >= 15 is 0 Å². The Kier molecular flexibility index (Phi) is 15.0. The Morgan fingerprint density at radius 1 is 0.516 bits per heavy atom. The highest BCUT2D eigenvalue weighted by Gasteiger charge is 2.22. The molecule has 0 saturated heterocycles. The fourth-order valence-corrected chi connectivity index (χ4v) is 8.73. The molecule has 0 bridgehead atoms. The van der Waals surface area contributed by atoms with Gasteiger partial charge in [-0.3, -0.25) is 0 Å². The van der Waals surface area contributed by atoms with Crippen LogP contribution in [0.25, 0.3) is 17.2 Å². The number of rotatable bonds is 15. The monoisotopic (exact) mass is 856 g/mol. The number of hydrogen-bond acceptors (Lipinski definition) is 8. The van der Waals surface area contributed by atoms with Gasteiger partial charge in [0, 0.05) is 17.5 Å². The Morgan fingerprint density at radius 2 is 1.06 bits per heavy atom. The summed E-state index contributed by atoms with van der Waals surface area (Å²) in [5, 5.41) is 0. The van der Waals surface area contributed by atoms with Crippen molar-refractivity contribution in [3.8, 4) is 23.0 Å². The molecule has 0 unspecified atom stereocenters. The molecule has 6 aromatic rings. The van der Waals surface area contributed by atoms with Crippen LogP contribution in [0.3, 0.4) is 0 Å². The minimum atomic E-state index is -0.305. The standard InChI is InChI=1S/2C28H28O4/c2*1-30-25-15-16-26(31-2)24(18-25)17-23-14-13-21-6-4-5-20(27(21)23)10-7-19-8-11-22(12-9-19)28(29)32-3/h4-6,8-9,11-12,15-18H,7,10,13-14H2,1-3H3;4-6,8-9,11-12,14-16,18H,7,10,13,17H2,1-3H3/b23-17+;. The fraction of sp³-hybridized carbons (Fsp3) is 0.250. The third-order valence-corrected chi connectivity index (χ3v) is 12.1. The SMILES string of the molecule is COC(=O)c1ccc(CCc2cccc3c2/C(=C/c2cc(OC)ccc2OC)CC3)cc1.COC(=O)c1ccc(CCc2cccc3c2C(Cc2cc(OC)ccc2OC)=CC3)cc1. The number of esters is 2. The van der Waals surface area contributed by atoms with Gasteiger partial charge in [-0.15, -0.1) is 0 Å². The lowest BCUT2D eigenvalue weighted by Crippen LogP contribution is -2.02. The van der Waals surface area contributed by atoms with Crippen LogP contribution in [0.15, 0.2) is 127 Å². The van der Waals surface area contributed by atoms with Crippen LogP contribution < -0.4 is 18.9 Å². The minimum absolute atomic E-state index is 0.305. The molecular weight excluding hydrogens is 801 g/mol. The maximum atomic E-state index is 11.7. The molecular formula is C56H56O8. The highest BCUT2D eigenvalue weighted by atomic mass is 16.5. The second-order valence-electron chi connectivity index (χ2n) is 15.8. The van der Waals surface area contributed by atoms with Crippen molar-refractivity contribution in [2.24, 2.45) is 0 Å². The molecule has 0 fully saturated rings. The van der Waals surface area contributed by atoms with Gasteiger partial charge < -0.3 is 28.4 Å². The summed E-state index contributed by atoms with van der Waals surface area (Å²) < 4.78 is 31.6. The molecule has 0 aliphatic heterocycles. The Hall–Kier alpha value is -7.06. The van der Waals surface area contributed by atoms with Crippen LogP contribution in [0.5, 0.6) is 23.0 Å². The predicted molar refractivity (Wildman–Crippen MR) is 254 cm³/mol. The van der Waals surface area contributed by atoms with Crippen LogP contribution in [0.1, 0.15) is 82.8 Å². The van der Waals surface area contributed by atoms with E-state index in [1.54, 1.807) is 28.4 Å². The number of methoxy groups -OCH3 is 6. The van der Waals surface area contributed by atoms with Gasteiger partial charge in [0.25, 0.3) is 0 Å². The summed E-state index contributed by atoms with van der Waals surface area (Å²) in [7, 11) is 9.57. The molecule has 8 rings (SSSR count). The molecule has 0 amide bonds. The lowest BCUT2D eigenvalue weighted by Gasteiger charge is -2.15. The van der Waals surface area contributed by atoms with Gasteiger partial charge in [-0.05, 0) is 167 Å². The number of hydrogen-bond donors (Lipinski definition) is 0. The summed E-state index contributed by atoms with van der Waals surface area (Å²) in [6.07, 6.45) is 12.1. The van der Waals surface area contributed by atoms with Crippen LogP contribution in [0, 0.1) is 0 Å². The Labute approximate surface area is 377 Å². The van der Waals surface area contributed by atoms with E-state index in [2.05, 4.69) is 54.6 Å². The van der Waals surface area contributed by atoms with Crippen LogP contribution in [-0.4, -0.2) is 54.6 Å². The number of allylic oxidation sites excluding steroid dienone is 3. The van der Waals surface area contributed by atoms with Gasteiger partial charge in [0.15, 0.2) is 0 Å². The number of aryl methyl sites for hydroxylation is 5. The molecule has 2 aliphatic rings. The van der Waals surface area contributed by atoms with Gasteiger partial charge in [-0.25, -0.2) is 9.59 Å². The van der Waals surface area contributed by atoms with E-state index in [1.807, 2.05) is 78.9 Å². The van der Waals surface area contributed by atoms with E-state index in [1.165, 1.54) is 69.9 Å². The number of ether oxygens (including phenoxy) is 6.